The van der Waals surface area contributed by atoms with Crippen molar-refractivity contribution in [1.82, 2.24) is 4.57 Å². The number of anilines is 1. The molecule has 1 N–H and O–H groups in total. The van der Waals surface area contributed by atoms with Crippen LogP contribution in [0.25, 0.3) is 0 Å². The third-order valence-corrected chi connectivity index (χ3v) is 3.64. The minimum Gasteiger partial charge on any atom is -0.495 e. The van der Waals surface area contributed by atoms with Gasteiger partial charge in [-0.2, -0.15) is 0 Å². The number of nitrogens with zero attached hydrogens (tertiary/aromatic N) is 2. The highest BCUT2D eigenvalue weighted by molar-refractivity contribution is 6.32. The lowest BCUT2D eigenvalue weighted by Crippen LogP contribution is -2.31. The van der Waals surface area contributed by atoms with Gasteiger partial charge in [0.05, 0.1) is 23.3 Å². The van der Waals surface area contributed by atoms with Crippen LogP contribution in [0.5, 0.6) is 5.75 Å². The molecule has 9 heteroatoms. The Labute approximate surface area is 141 Å². The summed E-state index contributed by atoms with van der Waals surface area (Å²) >= 11 is 5.98. The van der Waals surface area contributed by atoms with Crippen molar-refractivity contribution in [3.63, 3.8) is 0 Å². The lowest BCUT2D eigenvalue weighted by Gasteiger charge is -2.15. The molecule has 0 aliphatic rings. The van der Waals surface area contributed by atoms with Gasteiger partial charge in [-0.25, -0.2) is 0 Å². The quantitative estimate of drug-likeness (QED) is 0.658. The first-order chi connectivity index (χ1) is 11.3. The lowest BCUT2D eigenvalue weighted by molar-refractivity contribution is -0.385. The number of nitrogens with one attached hydrogen (secondary N) is 1. The number of hydrogen-bond donors (Lipinski definition) is 1. The van der Waals surface area contributed by atoms with Gasteiger partial charge in [0.15, 0.2) is 0 Å². The van der Waals surface area contributed by atoms with Crippen LogP contribution in [0.4, 0.5) is 11.4 Å². The Morgan fingerprint density at radius 2 is 2.08 bits per heavy atom. The summed E-state index contributed by atoms with van der Waals surface area (Å²) in [4.78, 5) is 34.3. The molecule has 0 spiro atoms. The van der Waals surface area contributed by atoms with Gasteiger partial charge in [-0.3, -0.25) is 24.3 Å². The van der Waals surface area contributed by atoms with Crippen LogP contribution in [0.15, 0.2) is 41.3 Å². The first-order valence-corrected chi connectivity index (χ1v) is 7.22. The summed E-state index contributed by atoms with van der Waals surface area (Å²) < 4.78 is 6.02. The van der Waals surface area contributed by atoms with E-state index >= 15 is 0 Å². The number of rotatable bonds is 5. The van der Waals surface area contributed by atoms with Crippen molar-refractivity contribution >= 4 is 28.9 Å². The zero-order valence-corrected chi connectivity index (χ0v) is 13.6. The standard InChI is InChI=1S/C15H14ClN3O5/c1-9(18-8-11(19(22)23)4-6-14(18)20)15(21)17-10-3-5-13(24-2)12(16)7-10/h3-9H,1-2H3,(H,17,21). The van der Waals surface area contributed by atoms with Gasteiger partial charge in [-0.15, -0.1) is 0 Å². The topological polar surface area (TPSA) is 103 Å². The van der Waals surface area contributed by atoms with Crippen molar-refractivity contribution in [2.24, 2.45) is 0 Å². The molecule has 0 aliphatic heterocycles. The molecule has 0 fully saturated rings. The highest BCUT2D eigenvalue weighted by Gasteiger charge is 2.19. The molecule has 0 saturated heterocycles. The Morgan fingerprint density at radius 1 is 1.38 bits per heavy atom. The summed E-state index contributed by atoms with van der Waals surface area (Å²) in [5.74, 6) is -0.0588. The van der Waals surface area contributed by atoms with Crippen LogP contribution < -0.4 is 15.6 Å². The summed E-state index contributed by atoms with van der Waals surface area (Å²) in [7, 11) is 1.47. The van der Waals surface area contributed by atoms with Gasteiger partial charge >= 0.3 is 0 Å². The molecular formula is C15H14ClN3O5. The van der Waals surface area contributed by atoms with Crippen molar-refractivity contribution in [3.8, 4) is 5.75 Å². The number of benzene rings is 1. The van der Waals surface area contributed by atoms with Crippen molar-refractivity contribution in [3.05, 3.63) is 62.0 Å². The van der Waals surface area contributed by atoms with E-state index in [0.29, 0.717) is 16.5 Å². The first-order valence-electron chi connectivity index (χ1n) is 6.84. The smallest absolute Gasteiger partial charge is 0.285 e. The number of ether oxygens (including phenoxy) is 1. The number of aromatic nitrogens is 1. The average molecular weight is 352 g/mol. The Morgan fingerprint density at radius 3 is 2.67 bits per heavy atom. The van der Waals surface area contributed by atoms with Gasteiger partial charge < -0.3 is 10.1 Å². The molecule has 0 aliphatic carbocycles. The second kappa shape index (κ2) is 7.14. The number of hydrogen-bond acceptors (Lipinski definition) is 5. The van der Waals surface area contributed by atoms with Gasteiger partial charge in [0.2, 0.25) is 5.91 Å². The second-order valence-corrected chi connectivity index (χ2v) is 5.31. The molecule has 0 radical (unpaired) electrons. The van der Waals surface area contributed by atoms with Crippen molar-refractivity contribution in [2.45, 2.75) is 13.0 Å². The second-order valence-electron chi connectivity index (χ2n) is 4.90. The molecule has 0 saturated carbocycles. The number of pyridine rings is 1. The molecule has 126 valence electrons. The van der Waals surface area contributed by atoms with Gasteiger partial charge in [-0.1, -0.05) is 11.6 Å². The Hall–Kier alpha value is -2.87. The van der Waals surface area contributed by atoms with E-state index in [4.69, 9.17) is 16.3 Å². The Kier molecular flexibility index (Phi) is 5.20. The third kappa shape index (κ3) is 3.72. The normalized spacial score (nSPS) is 11.6. The fourth-order valence-electron chi connectivity index (χ4n) is 2.02. The highest BCUT2D eigenvalue weighted by atomic mass is 35.5. The van der Waals surface area contributed by atoms with Crippen LogP contribution in [0.3, 0.4) is 0 Å². The highest BCUT2D eigenvalue weighted by Crippen LogP contribution is 2.27. The van der Waals surface area contributed by atoms with Crippen LogP contribution in [0, 0.1) is 10.1 Å². The molecule has 1 aromatic heterocycles. The number of nitro groups is 1. The van der Waals surface area contributed by atoms with E-state index < -0.39 is 22.4 Å². The predicted molar refractivity (Wildman–Crippen MR) is 88.7 cm³/mol. The van der Waals surface area contributed by atoms with Crippen LogP contribution in [-0.4, -0.2) is 22.5 Å². The summed E-state index contributed by atoms with van der Waals surface area (Å²) in [6.07, 6.45) is 1.04. The van der Waals surface area contributed by atoms with Crippen LogP contribution >= 0.6 is 11.6 Å². The number of carbonyl (C=O) groups excluding carboxylic acids is 1. The zero-order valence-electron chi connectivity index (χ0n) is 12.9. The molecule has 8 nitrogen and oxygen atoms in total. The minimum atomic E-state index is -0.946. The van der Waals surface area contributed by atoms with E-state index in [-0.39, 0.29) is 5.69 Å². The molecule has 1 unspecified atom stereocenters. The number of halogens is 1. The fourth-order valence-corrected chi connectivity index (χ4v) is 2.28. The van der Waals surface area contributed by atoms with E-state index in [0.717, 1.165) is 22.9 Å². The van der Waals surface area contributed by atoms with E-state index in [1.54, 1.807) is 12.1 Å². The van der Waals surface area contributed by atoms with Gasteiger partial charge in [0, 0.05) is 17.8 Å². The average Bonchev–Trinajstić information content (AvgIpc) is 2.54. The molecule has 2 aromatic rings. The Balaban J connectivity index is 2.24. The summed E-state index contributed by atoms with van der Waals surface area (Å²) in [5.41, 5.74) is -0.381. The minimum absolute atomic E-state index is 0.276. The molecule has 0 bridgehead atoms. The van der Waals surface area contributed by atoms with Crippen LogP contribution in [0.1, 0.15) is 13.0 Å². The summed E-state index contributed by atoms with van der Waals surface area (Å²) in [6.45, 7) is 1.46. The van der Waals surface area contributed by atoms with Crippen LogP contribution in [0.2, 0.25) is 5.02 Å². The van der Waals surface area contributed by atoms with E-state index in [9.17, 15) is 19.7 Å². The summed E-state index contributed by atoms with van der Waals surface area (Å²) in [6, 6.07) is 5.87. The summed E-state index contributed by atoms with van der Waals surface area (Å²) in [5, 5.41) is 13.7. The molecule has 2 rings (SSSR count). The predicted octanol–water partition coefficient (Wildman–Crippen LogP) is 2.62. The molecule has 24 heavy (non-hydrogen) atoms. The van der Waals surface area contributed by atoms with Crippen molar-refractivity contribution < 1.29 is 14.5 Å². The number of carbonyl (C=O) groups is 1. The van der Waals surface area contributed by atoms with Crippen molar-refractivity contribution in [1.29, 1.82) is 0 Å². The van der Waals surface area contributed by atoms with Gasteiger partial charge in [0.25, 0.3) is 11.2 Å². The van der Waals surface area contributed by atoms with Crippen molar-refractivity contribution in [2.75, 3.05) is 12.4 Å². The lowest BCUT2D eigenvalue weighted by atomic mass is 10.2. The maximum Gasteiger partial charge on any atom is 0.285 e. The van der Waals surface area contributed by atoms with Crippen LogP contribution in [-0.2, 0) is 4.79 Å². The molecular weight excluding hydrogens is 338 g/mol. The monoisotopic (exact) mass is 351 g/mol. The molecule has 1 atom stereocenters. The maximum atomic E-state index is 12.3. The van der Waals surface area contributed by atoms with Gasteiger partial charge in [0.1, 0.15) is 11.8 Å². The molecule has 1 amide bonds. The molecule has 1 aromatic carbocycles. The fraction of sp³-hybridized carbons (Fsp3) is 0.200. The number of amides is 1. The van der Waals surface area contributed by atoms with Gasteiger partial charge in [-0.05, 0) is 25.1 Å². The first kappa shape index (κ1) is 17.5. The number of methoxy groups -OCH3 is 1. The third-order valence-electron chi connectivity index (χ3n) is 3.35. The van der Waals surface area contributed by atoms with E-state index in [1.807, 2.05) is 0 Å². The molecule has 1 heterocycles. The van der Waals surface area contributed by atoms with E-state index in [1.165, 1.54) is 20.1 Å². The Bertz CT molecular complexity index is 849. The zero-order chi connectivity index (χ0) is 17.9. The van der Waals surface area contributed by atoms with E-state index in [2.05, 4.69) is 5.32 Å². The SMILES string of the molecule is COc1ccc(NC(=O)C(C)n2cc([N+](=O)[O-])ccc2=O)cc1Cl. The maximum absolute atomic E-state index is 12.3. The largest absolute Gasteiger partial charge is 0.495 e.